The number of pyridine rings is 1. The molecule has 0 fully saturated rings. The number of nitrogens with zero attached hydrogens (tertiary/aromatic N) is 1. The van der Waals surface area contributed by atoms with E-state index in [-0.39, 0.29) is 6.79 Å². The first kappa shape index (κ1) is 11.3. The molecule has 92 valence electrons. The third-order valence-electron chi connectivity index (χ3n) is 2.59. The van der Waals surface area contributed by atoms with Crippen LogP contribution in [-0.4, -0.2) is 11.8 Å². The van der Waals surface area contributed by atoms with Crippen molar-refractivity contribution < 1.29 is 14.2 Å². The van der Waals surface area contributed by atoms with Gasteiger partial charge in [-0.25, -0.2) is 4.98 Å². The van der Waals surface area contributed by atoms with Gasteiger partial charge in [0.2, 0.25) is 12.7 Å². The molecule has 0 radical (unpaired) electrons. The molecule has 3 rings (SSSR count). The molecule has 1 aromatic heterocycles. The summed E-state index contributed by atoms with van der Waals surface area (Å²) in [5, 5.41) is 0. The zero-order chi connectivity index (χ0) is 12.5. The molecule has 18 heavy (non-hydrogen) atoms. The first-order valence-electron chi connectivity index (χ1n) is 5.42. The number of hydrogen-bond acceptors (Lipinski definition) is 4. The second-order valence-corrected chi connectivity index (χ2v) is 4.74. The molecule has 5 heteroatoms. The van der Waals surface area contributed by atoms with Crippen LogP contribution in [0.5, 0.6) is 23.1 Å². The Hall–Kier alpha value is -1.75. The van der Waals surface area contributed by atoms with Crippen molar-refractivity contribution in [3.63, 3.8) is 0 Å². The molecule has 0 atom stereocenters. The Labute approximate surface area is 113 Å². The standard InChI is InChI=1S/C13H10BrNO3/c1-8-4-13(15-6-10(8)14)18-9-2-3-11-12(5-9)17-7-16-11/h2-6H,7H2,1H3. The van der Waals surface area contributed by atoms with E-state index in [1.54, 1.807) is 12.3 Å². The third-order valence-corrected chi connectivity index (χ3v) is 3.42. The van der Waals surface area contributed by atoms with E-state index in [4.69, 9.17) is 14.2 Å². The lowest BCUT2D eigenvalue weighted by atomic mass is 10.3. The van der Waals surface area contributed by atoms with Crippen molar-refractivity contribution in [2.75, 3.05) is 6.79 Å². The van der Waals surface area contributed by atoms with Crippen molar-refractivity contribution in [1.29, 1.82) is 0 Å². The molecule has 0 saturated carbocycles. The van der Waals surface area contributed by atoms with Crippen LogP contribution in [0.2, 0.25) is 0 Å². The average molecular weight is 308 g/mol. The van der Waals surface area contributed by atoms with E-state index >= 15 is 0 Å². The molecular formula is C13H10BrNO3. The topological polar surface area (TPSA) is 40.6 Å². The summed E-state index contributed by atoms with van der Waals surface area (Å²) >= 11 is 3.40. The van der Waals surface area contributed by atoms with Gasteiger partial charge in [0.1, 0.15) is 5.75 Å². The molecule has 0 aliphatic carbocycles. The lowest BCUT2D eigenvalue weighted by Gasteiger charge is -2.06. The van der Waals surface area contributed by atoms with Crippen LogP contribution in [0, 0.1) is 6.92 Å². The summed E-state index contributed by atoms with van der Waals surface area (Å²) in [5.74, 6) is 2.66. The molecule has 1 aliphatic heterocycles. The van der Waals surface area contributed by atoms with Crippen molar-refractivity contribution in [3.8, 4) is 23.1 Å². The Balaban J connectivity index is 1.85. The molecule has 0 saturated heterocycles. The molecule has 2 aromatic rings. The maximum atomic E-state index is 5.67. The van der Waals surface area contributed by atoms with Crippen LogP contribution in [0.1, 0.15) is 5.56 Å². The molecule has 0 unspecified atom stereocenters. The number of ether oxygens (including phenoxy) is 3. The number of benzene rings is 1. The fourth-order valence-corrected chi connectivity index (χ4v) is 1.85. The summed E-state index contributed by atoms with van der Waals surface area (Å²) in [4.78, 5) is 4.19. The van der Waals surface area contributed by atoms with Crippen LogP contribution < -0.4 is 14.2 Å². The van der Waals surface area contributed by atoms with Crippen LogP contribution in [-0.2, 0) is 0 Å². The van der Waals surface area contributed by atoms with Crippen LogP contribution in [0.25, 0.3) is 0 Å². The monoisotopic (exact) mass is 307 g/mol. The lowest BCUT2D eigenvalue weighted by Crippen LogP contribution is -1.93. The zero-order valence-corrected chi connectivity index (χ0v) is 11.2. The van der Waals surface area contributed by atoms with E-state index in [1.807, 2.05) is 25.1 Å². The van der Waals surface area contributed by atoms with Crippen LogP contribution in [0.15, 0.2) is 34.9 Å². The predicted molar refractivity (Wildman–Crippen MR) is 69.3 cm³/mol. The molecule has 0 amide bonds. The first-order chi connectivity index (χ1) is 8.72. The fourth-order valence-electron chi connectivity index (χ4n) is 1.63. The first-order valence-corrected chi connectivity index (χ1v) is 6.21. The number of aromatic nitrogens is 1. The van der Waals surface area contributed by atoms with Crippen molar-refractivity contribution in [3.05, 3.63) is 40.5 Å². The Kier molecular flexibility index (Phi) is 2.83. The van der Waals surface area contributed by atoms with E-state index in [0.717, 1.165) is 15.8 Å². The van der Waals surface area contributed by atoms with Crippen molar-refractivity contribution in [2.45, 2.75) is 6.92 Å². The Bertz CT molecular complexity index is 601. The molecule has 1 aromatic carbocycles. The highest BCUT2D eigenvalue weighted by molar-refractivity contribution is 9.10. The predicted octanol–water partition coefficient (Wildman–Crippen LogP) is 3.67. The molecular weight excluding hydrogens is 298 g/mol. The van der Waals surface area contributed by atoms with Gasteiger partial charge in [0.05, 0.1) is 0 Å². The minimum absolute atomic E-state index is 0.258. The highest BCUT2D eigenvalue weighted by Crippen LogP contribution is 2.36. The fraction of sp³-hybridized carbons (Fsp3) is 0.154. The Morgan fingerprint density at radius 1 is 1.22 bits per heavy atom. The molecule has 4 nitrogen and oxygen atoms in total. The normalized spacial score (nSPS) is 12.6. The summed E-state index contributed by atoms with van der Waals surface area (Å²) in [7, 11) is 0. The zero-order valence-electron chi connectivity index (χ0n) is 9.64. The largest absolute Gasteiger partial charge is 0.454 e. The highest BCUT2D eigenvalue weighted by atomic mass is 79.9. The summed E-state index contributed by atoms with van der Waals surface area (Å²) in [6.45, 7) is 2.24. The molecule has 0 spiro atoms. The van der Waals surface area contributed by atoms with Gasteiger partial charge in [-0.3, -0.25) is 0 Å². The van der Waals surface area contributed by atoms with E-state index in [9.17, 15) is 0 Å². The lowest BCUT2D eigenvalue weighted by molar-refractivity contribution is 0.174. The van der Waals surface area contributed by atoms with Gasteiger partial charge in [-0.15, -0.1) is 0 Å². The molecule has 2 heterocycles. The Morgan fingerprint density at radius 2 is 2.06 bits per heavy atom. The maximum absolute atomic E-state index is 5.67. The minimum Gasteiger partial charge on any atom is -0.454 e. The average Bonchev–Trinajstić information content (AvgIpc) is 2.81. The van der Waals surface area contributed by atoms with E-state index in [0.29, 0.717) is 17.4 Å². The molecule has 1 aliphatic rings. The van der Waals surface area contributed by atoms with Gasteiger partial charge < -0.3 is 14.2 Å². The summed E-state index contributed by atoms with van der Waals surface area (Å²) in [6.07, 6.45) is 1.72. The number of halogens is 1. The SMILES string of the molecule is Cc1cc(Oc2ccc3c(c2)OCO3)ncc1Br. The van der Waals surface area contributed by atoms with Crippen LogP contribution >= 0.6 is 15.9 Å². The number of rotatable bonds is 2. The van der Waals surface area contributed by atoms with Gasteiger partial charge >= 0.3 is 0 Å². The molecule has 0 bridgehead atoms. The van der Waals surface area contributed by atoms with Crippen molar-refractivity contribution >= 4 is 15.9 Å². The van der Waals surface area contributed by atoms with Gasteiger partial charge in [-0.2, -0.15) is 0 Å². The van der Waals surface area contributed by atoms with Crippen LogP contribution in [0.3, 0.4) is 0 Å². The number of fused-ring (bicyclic) bond motifs is 1. The van der Waals surface area contributed by atoms with Crippen molar-refractivity contribution in [2.24, 2.45) is 0 Å². The second kappa shape index (κ2) is 4.49. The number of hydrogen-bond donors (Lipinski definition) is 0. The number of aryl methyl sites for hydroxylation is 1. The quantitative estimate of drug-likeness (QED) is 0.848. The van der Waals surface area contributed by atoms with E-state index in [1.165, 1.54) is 0 Å². The van der Waals surface area contributed by atoms with E-state index in [2.05, 4.69) is 20.9 Å². The maximum Gasteiger partial charge on any atom is 0.231 e. The smallest absolute Gasteiger partial charge is 0.231 e. The highest BCUT2D eigenvalue weighted by Gasteiger charge is 2.14. The van der Waals surface area contributed by atoms with Gasteiger partial charge in [0.25, 0.3) is 0 Å². The van der Waals surface area contributed by atoms with E-state index < -0.39 is 0 Å². The summed E-state index contributed by atoms with van der Waals surface area (Å²) in [6, 6.07) is 7.31. The third kappa shape index (κ3) is 2.13. The van der Waals surface area contributed by atoms with Crippen LogP contribution in [0.4, 0.5) is 0 Å². The van der Waals surface area contributed by atoms with Gasteiger partial charge in [-0.1, -0.05) is 0 Å². The summed E-state index contributed by atoms with van der Waals surface area (Å²) < 4.78 is 17.2. The summed E-state index contributed by atoms with van der Waals surface area (Å²) in [5.41, 5.74) is 1.07. The van der Waals surface area contributed by atoms with Crippen molar-refractivity contribution in [1.82, 2.24) is 4.98 Å². The Morgan fingerprint density at radius 3 is 2.89 bits per heavy atom. The minimum atomic E-state index is 0.258. The molecule has 0 N–H and O–H groups in total. The second-order valence-electron chi connectivity index (χ2n) is 3.89. The van der Waals surface area contributed by atoms with Gasteiger partial charge in [-0.05, 0) is 40.5 Å². The van der Waals surface area contributed by atoms with Gasteiger partial charge in [0.15, 0.2) is 11.5 Å². The van der Waals surface area contributed by atoms with Gasteiger partial charge in [0, 0.05) is 22.8 Å².